The molecule has 0 aliphatic rings. The number of halogens is 1. The summed E-state index contributed by atoms with van der Waals surface area (Å²) in [6, 6.07) is 9.55. The standard InChI is InChI=1S/C12H11ClN2S/c1-9-5-6-16-12(9)8-14-15-11-4-2-3-10(13)7-11/h2-8,15H,1H3/b14-8-. The van der Waals surface area contributed by atoms with E-state index in [1.165, 1.54) is 5.56 Å². The first-order chi connectivity index (χ1) is 7.75. The molecule has 0 radical (unpaired) electrons. The predicted molar refractivity (Wildman–Crippen MR) is 71.7 cm³/mol. The molecular formula is C12H11ClN2S. The largest absolute Gasteiger partial charge is 0.278 e. The molecule has 0 unspecified atom stereocenters. The highest BCUT2D eigenvalue weighted by Gasteiger charge is 1.95. The highest BCUT2D eigenvalue weighted by atomic mass is 35.5. The molecule has 0 aliphatic carbocycles. The van der Waals surface area contributed by atoms with Gasteiger partial charge in [0, 0.05) is 9.90 Å². The Morgan fingerprint density at radius 1 is 1.38 bits per heavy atom. The number of anilines is 1. The zero-order chi connectivity index (χ0) is 11.4. The lowest BCUT2D eigenvalue weighted by Crippen LogP contribution is -1.89. The molecule has 0 saturated carbocycles. The number of hydrogen-bond acceptors (Lipinski definition) is 3. The average molecular weight is 251 g/mol. The van der Waals surface area contributed by atoms with Gasteiger partial charge in [0.25, 0.3) is 0 Å². The number of benzene rings is 1. The van der Waals surface area contributed by atoms with Crippen molar-refractivity contribution in [2.75, 3.05) is 5.43 Å². The molecular weight excluding hydrogens is 240 g/mol. The lowest BCUT2D eigenvalue weighted by atomic mass is 10.3. The van der Waals surface area contributed by atoms with Gasteiger partial charge in [-0.2, -0.15) is 5.10 Å². The van der Waals surface area contributed by atoms with Crippen molar-refractivity contribution in [2.24, 2.45) is 5.10 Å². The summed E-state index contributed by atoms with van der Waals surface area (Å²) in [4.78, 5) is 1.16. The average Bonchev–Trinajstić information content (AvgIpc) is 2.65. The lowest BCUT2D eigenvalue weighted by molar-refractivity contribution is 1.35. The summed E-state index contributed by atoms with van der Waals surface area (Å²) < 4.78 is 0. The van der Waals surface area contributed by atoms with Gasteiger partial charge in [-0.1, -0.05) is 17.7 Å². The molecule has 1 aromatic heterocycles. The van der Waals surface area contributed by atoms with E-state index < -0.39 is 0 Å². The summed E-state index contributed by atoms with van der Waals surface area (Å²) >= 11 is 7.53. The van der Waals surface area contributed by atoms with Crippen LogP contribution in [0.15, 0.2) is 40.8 Å². The fourth-order valence-electron chi connectivity index (χ4n) is 1.24. The number of hydrazone groups is 1. The van der Waals surface area contributed by atoms with Crippen LogP contribution in [0.3, 0.4) is 0 Å². The van der Waals surface area contributed by atoms with Crippen molar-refractivity contribution in [2.45, 2.75) is 6.92 Å². The molecule has 0 spiro atoms. The maximum Gasteiger partial charge on any atom is 0.0647 e. The Morgan fingerprint density at radius 3 is 2.94 bits per heavy atom. The smallest absolute Gasteiger partial charge is 0.0647 e. The molecule has 2 aromatic rings. The Kier molecular flexibility index (Phi) is 3.59. The van der Waals surface area contributed by atoms with Crippen molar-refractivity contribution >= 4 is 34.8 Å². The van der Waals surface area contributed by atoms with Gasteiger partial charge < -0.3 is 0 Å². The van der Waals surface area contributed by atoms with Crippen molar-refractivity contribution < 1.29 is 0 Å². The molecule has 1 heterocycles. The molecule has 1 N–H and O–H groups in total. The molecule has 0 fully saturated rings. The fraction of sp³-hybridized carbons (Fsp3) is 0.0833. The third-order valence-electron chi connectivity index (χ3n) is 2.10. The molecule has 0 aliphatic heterocycles. The van der Waals surface area contributed by atoms with Crippen molar-refractivity contribution in [3.63, 3.8) is 0 Å². The van der Waals surface area contributed by atoms with E-state index in [2.05, 4.69) is 28.9 Å². The third kappa shape index (κ3) is 2.84. The quantitative estimate of drug-likeness (QED) is 0.642. The Morgan fingerprint density at radius 2 is 2.25 bits per heavy atom. The summed E-state index contributed by atoms with van der Waals surface area (Å²) in [7, 11) is 0. The number of hydrogen-bond donors (Lipinski definition) is 1. The highest BCUT2D eigenvalue weighted by molar-refractivity contribution is 7.11. The van der Waals surface area contributed by atoms with Crippen LogP contribution in [-0.2, 0) is 0 Å². The van der Waals surface area contributed by atoms with Gasteiger partial charge >= 0.3 is 0 Å². The van der Waals surface area contributed by atoms with Gasteiger partial charge in [0.1, 0.15) is 0 Å². The van der Waals surface area contributed by atoms with E-state index in [1.807, 2.05) is 30.5 Å². The second-order valence-corrected chi connectivity index (χ2v) is 4.73. The van der Waals surface area contributed by atoms with E-state index >= 15 is 0 Å². The van der Waals surface area contributed by atoms with Crippen LogP contribution in [0.25, 0.3) is 0 Å². The van der Waals surface area contributed by atoms with E-state index in [1.54, 1.807) is 11.3 Å². The number of nitrogens with zero attached hydrogens (tertiary/aromatic N) is 1. The first-order valence-electron chi connectivity index (χ1n) is 4.84. The molecule has 0 atom stereocenters. The summed E-state index contributed by atoms with van der Waals surface area (Å²) in [5.41, 5.74) is 5.07. The molecule has 0 saturated heterocycles. The lowest BCUT2D eigenvalue weighted by Gasteiger charge is -1.99. The van der Waals surface area contributed by atoms with Crippen LogP contribution >= 0.6 is 22.9 Å². The zero-order valence-corrected chi connectivity index (χ0v) is 10.3. The van der Waals surface area contributed by atoms with Crippen molar-refractivity contribution in [1.82, 2.24) is 0 Å². The first kappa shape index (κ1) is 11.2. The van der Waals surface area contributed by atoms with Crippen LogP contribution in [0.5, 0.6) is 0 Å². The fourth-order valence-corrected chi connectivity index (χ4v) is 2.22. The molecule has 2 nitrogen and oxygen atoms in total. The van der Waals surface area contributed by atoms with Crippen LogP contribution in [0, 0.1) is 6.92 Å². The van der Waals surface area contributed by atoms with Crippen LogP contribution in [0.4, 0.5) is 5.69 Å². The second kappa shape index (κ2) is 5.14. The number of aryl methyl sites for hydroxylation is 1. The van der Waals surface area contributed by atoms with E-state index in [-0.39, 0.29) is 0 Å². The van der Waals surface area contributed by atoms with Gasteiger partial charge in [-0.3, -0.25) is 5.43 Å². The maximum atomic E-state index is 5.86. The summed E-state index contributed by atoms with van der Waals surface area (Å²) in [6.07, 6.45) is 1.82. The number of nitrogens with one attached hydrogen (secondary N) is 1. The van der Waals surface area contributed by atoms with E-state index in [9.17, 15) is 0 Å². The zero-order valence-electron chi connectivity index (χ0n) is 8.77. The van der Waals surface area contributed by atoms with Crippen LogP contribution in [0.2, 0.25) is 5.02 Å². The van der Waals surface area contributed by atoms with Crippen molar-refractivity contribution in [1.29, 1.82) is 0 Å². The van der Waals surface area contributed by atoms with Crippen LogP contribution < -0.4 is 5.43 Å². The van der Waals surface area contributed by atoms with Crippen molar-refractivity contribution in [3.05, 3.63) is 51.2 Å². The Bertz CT molecular complexity index is 505. The Balaban J connectivity index is 2.02. The maximum absolute atomic E-state index is 5.86. The minimum atomic E-state index is 0.701. The van der Waals surface area contributed by atoms with Gasteiger partial charge in [0.2, 0.25) is 0 Å². The molecule has 16 heavy (non-hydrogen) atoms. The first-order valence-corrected chi connectivity index (χ1v) is 6.10. The highest BCUT2D eigenvalue weighted by Crippen LogP contribution is 2.15. The number of rotatable bonds is 3. The Labute approximate surface area is 104 Å². The minimum Gasteiger partial charge on any atom is -0.278 e. The molecule has 4 heteroatoms. The normalized spacial score (nSPS) is 10.9. The van der Waals surface area contributed by atoms with Gasteiger partial charge in [-0.25, -0.2) is 0 Å². The summed E-state index contributed by atoms with van der Waals surface area (Å²) in [5.74, 6) is 0. The topological polar surface area (TPSA) is 24.4 Å². The predicted octanol–water partition coefficient (Wildman–Crippen LogP) is 4.16. The molecule has 2 rings (SSSR count). The second-order valence-electron chi connectivity index (χ2n) is 3.35. The van der Waals surface area contributed by atoms with Crippen LogP contribution in [-0.4, -0.2) is 6.21 Å². The van der Waals surface area contributed by atoms with Crippen molar-refractivity contribution in [3.8, 4) is 0 Å². The third-order valence-corrected chi connectivity index (χ3v) is 3.29. The van der Waals surface area contributed by atoms with E-state index in [0.717, 1.165) is 10.6 Å². The van der Waals surface area contributed by atoms with Gasteiger partial charge in [-0.15, -0.1) is 11.3 Å². The van der Waals surface area contributed by atoms with Gasteiger partial charge in [0.15, 0.2) is 0 Å². The molecule has 82 valence electrons. The monoisotopic (exact) mass is 250 g/mol. The van der Waals surface area contributed by atoms with E-state index in [0.29, 0.717) is 5.02 Å². The Hall–Kier alpha value is -1.32. The number of thiophene rings is 1. The summed E-state index contributed by atoms with van der Waals surface area (Å²) in [5, 5.41) is 6.92. The van der Waals surface area contributed by atoms with Crippen LogP contribution in [0.1, 0.15) is 10.4 Å². The SMILES string of the molecule is Cc1ccsc1/C=N\Nc1cccc(Cl)c1. The molecule has 1 aromatic carbocycles. The summed E-state index contributed by atoms with van der Waals surface area (Å²) in [6.45, 7) is 2.07. The van der Waals surface area contributed by atoms with Gasteiger partial charge in [-0.05, 0) is 42.1 Å². The van der Waals surface area contributed by atoms with Gasteiger partial charge in [0.05, 0.1) is 11.9 Å². The van der Waals surface area contributed by atoms with E-state index in [4.69, 9.17) is 11.6 Å². The minimum absolute atomic E-state index is 0.701. The molecule has 0 bridgehead atoms. The molecule has 0 amide bonds.